The molecule has 19 heavy (non-hydrogen) atoms. The molecule has 7 heteroatoms. The van der Waals surface area contributed by atoms with Crippen LogP contribution in [0.5, 0.6) is 0 Å². The van der Waals surface area contributed by atoms with E-state index in [9.17, 15) is 4.79 Å². The lowest BCUT2D eigenvalue weighted by Gasteiger charge is -2.22. The normalized spacial score (nSPS) is 18.8. The van der Waals surface area contributed by atoms with E-state index in [0.717, 1.165) is 23.5 Å². The minimum absolute atomic E-state index is 0. The summed E-state index contributed by atoms with van der Waals surface area (Å²) in [5.41, 5.74) is 3.13. The van der Waals surface area contributed by atoms with Gasteiger partial charge < -0.3 is 15.4 Å². The van der Waals surface area contributed by atoms with E-state index in [1.165, 1.54) is 0 Å². The molecule has 0 saturated carbocycles. The van der Waals surface area contributed by atoms with E-state index in [1.54, 1.807) is 0 Å². The number of nitrogens with one attached hydrogen (secondary N) is 2. The van der Waals surface area contributed by atoms with Crippen LogP contribution in [0, 0.1) is 13.8 Å². The van der Waals surface area contributed by atoms with Crippen LogP contribution >= 0.6 is 12.4 Å². The molecule has 2 heterocycles. The second kappa shape index (κ2) is 6.88. The Labute approximate surface area is 119 Å². The van der Waals surface area contributed by atoms with E-state index in [0.29, 0.717) is 19.8 Å². The summed E-state index contributed by atoms with van der Waals surface area (Å²) < 4.78 is 7.10. The van der Waals surface area contributed by atoms with E-state index in [1.807, 2.05) is 25.6 Å². The summed E-state index contributed by atoms with van der Waals surface area (Å²) in [5.74, 6) is -0.0163. The fourth-order valence-electron chi connectivity index (χ4n) is 2.11. The van der Waals surface area contributed by atoms with Gasteiger partial charge in [0, 0.05) is 31.4 Å². The molecule has 0 aromatic carbocycles. The number of ether oxygens (including phenoxy) is 1. The summed E-state index contributed by atoms with van der Waals surface area (Å²) in [6.07, 6.45) is 0. The molecule has 1 aromatic heterocycles. The molecule has 0 radical (unpaired) electrons. The molecule has 1 fully saturated rings. The van der Waals surface area contributed by atoms with Crippen LogP contribution in [0.1, 0.15) is 17.0 Å². The zero-order chi connectivity index (χ0) is 13.1. The van der Waals surface area contributed by atoms with Crippen LogP contribution in [-0.2, 0) is 23.1 Å². The van der Waals surface area contributed by atoms with E-state index in [2.05, 4.69) is 15.7 Å². The largest absolute Gasteiger partial charge is 0.378 e. The fourth-order valence-corrected chi connectivity index (χ4v) is 2.11. The van der Waals surface area contributed by atoms with Crippen LogP contribution < -0.4 is 10.6 Å². The number of aromatic nitrogens is 2. The van der Waals surface area contributed by atoms with Crippen LogP contribution in [0.3, 0.4) is 0 Å². The van der Waals surface area contributed by atoms with Crippen molar-refractivity contribution in [3.63, 3.8) is 0 Å². The Bertz CT molecular complexity index is 441. The van der Waals surface area contributed by atoms with Gasteiger partial charge in [-0.3, -0.25) is 9.48 Å². The van der Waals surface area contributed by atoms with Gasteiger partial charge in [-0.15, -0.1) is 12.4 Å². The maximum atomic E-state index is 11.9. The number of carbonyl (C=O) groups excluding carboxylic acids is 1. The third-order valence-corrected chi connectivity index (χ3v) is 3.34. The average molecular weight is 289 g/mol. The van der Waals surface area contributed by atoms with E-state index >= 15 is 0 Å². The molecule has 1 aromatic rings. The Morgan fingerprint density at radius 2 is 2.32 bits per heavy atom. The van der Waals surface area contributed by atoms with Crippen LogP contribution in [0.15, 0.2) is 0 Å². The van der Waals surface area contributed by atoms with Crippen LogP contribution in [0.25, 0.3) is 0 Å². The monoisotopic (exact) mass is 288 g/mol. The first kappa shape index (κ1) is 15.9. The number of halogens is 1. The molecule has 1 amide bonds. The van der Waals surface area contributed by atoms with E-state index in [4.69, 9.17) is 4.74 Å². The Morgan fingerprint density at radius 3 is 2.84 bits per heavy atom. The summed E-state index contributed by atoms with van der Waals surface area (Å²) >= 11 is 0. The molecular formula is C12H21ClN4O2. The van der Waals surface area contributed by atoms with Gasteiger partial charge in [0.15, 0.2) is 0 Å². The van der Waals surface area contributed by atoms with Gasteiger partial charge in [0.05, 0.1) is 18.9 Å². The highest BCUT2D eigenvalue weighted by Gasteiger charge is 2.21. The quantitative estimate of drug-likeness (QED) is 0.826. The molecule has 6 nitrogen and oxygen atoms in total. The number of rotatable bonds is 3. The summed E-state index contributed by atoms with van der Waals surface area (Å²) in [6.45, 7) is 6.31. The van der Waals surface area contributed by atoms with Gasteiger partial charge in [-0.05, 0) is 13.8 Å². The average Bonchev–Trinajstić information content (AvgIpc) is 2.62. The van der Waals surface area contributed by atoms with Crippen molar-refractivity contribution in [1.82, 2.24) is 20.4 Å². The molecule has 0 bridgehead atoms. The van der Waals surface area contributed by atoms with Crippen molar-refractivity contribution < 1.29 is 9.53 Å². The predicted octanol–water partition coefficient (Wildman–Crippen LogP) is 0.0633. The number of aryl methyl sites for hydroxylation is 2. The first-order valence-corrected chi connectivity index (χ1v) is 6.17. The molecule has 2 N–H and O–H groups in total. The minimum atomic E-state index is -0.240. The van der Waals surface area contributed by atoms with Crippen molar-refractivity contribution in [2.75, 3.05) is 19.8 Å². The molecule has 1 aliphatic heterocycles. The number of amides is 1. The van der Waals surface area contributed by atoms with Crippen LogP contribution in [-0.4, -0.2) is 41.5 Å². The topological polar surface area (TPSA) is 68.2 Å². The first-order chi connectivity index (χ1) is 8.59. The summed E-state index contributed by atoms with van der Waals surface area (Å²) in [7, 11) is 1.91. The number of carbonyl (C=O) groups is 1. The highest BCUT2D eigenvalue weighted by atomic mass is 35.5. The molecule has 1 atom stereocenters. The van der Waals surface area contributed by atoms with Gasteiger partial charge in [-0.25, -0.2) is 0 Å². The lowest BCUT2D eigenvalue weighted by molar-refractivity contribution is -0.126. The fraction of sp³-hybridized carbons (Fsp3) is 0.667. The van der Waals surface area contributed by atoms with Crippen molar-refractivity contribution in [3.8, 4) is 0 Å². The number of morpholine rings is 1. The Hall–Kier alpha value is -1.11. The lowest BCUT2D eigenvalue weighted by Crippen LogP contribution is -2.51. The van der Waals surface area contributed by atoms with Crippen molar-refractivity contribution in [1.29, 1.82) is 0 Å². The Kier molecular flexibility index (Phi) is 5.78. The highest BCUT2D eigenvalue weighted by molar-refractivity contribution is 5.85. The number of hydrogen-bond donors (Lipinski definition) is 2. The van der Waals surface area contributed by atoms with Crippen molar-refractivity contribution in [2.45, 2.75) is 26.4 Å². The van der Waals surface area contributed by atoms with Gasteiger partial charge >= 0.3 is 0 Å². The minimum Gasteiger partial charge on any atom is -0.378 e. The molecule has 1 aliphatic rings. The van der Waals surface area contributed by atoms with Gasteiger partial charge in [-0.1, -0.05) is 0 Å². The SMILES string of the molecule is Cc1nn(C)c(C)c1CNC(=O)C1COCCN1.Cl. The van der Waals surface area contributed by atoms with Gasteiger partial charge in [0.1, 0.15) is 6.04 Å². The van der Waals surface area contributed by atoms with E-state index in [-0.39, 0.29) is 24.4 Å². The lowest BCUT2D eigenvalue weighted by atomic mass is 10.2. The highest BCUT2D eigenvalue weighted by Crippen LogP contribution is 2.11. The number of hydrogen-bond acceptors (Lipinski definition) is 4. The molecule has 2 rings (SSSR count). The maximum Gasteiger partial charge on any atom is 0.239 e. The third-order valence-electron chi connectivity index (χ3n) is 3.34. The summed E-state index contributed by atoms with van der Waals surface area (Å²) in [6, 6.07) is -0.240. The Balaban J connectivity index is 0.00000180. The molecule has 108 valence electrons. The molecular weight excluding hydrogens is 268 g/mol. The van der Waals surface area contributed by atoms with Crippen molar-refractivity contribution in [2.24, 2.45) is 7.05 Å². The number of nitrogens with zero attached hydrogens (tertiary/aromatic N) is 2. The van der Waals surface area contributed by atoms with Crippen LogP contribution in [0.4, 0.5) is 0 Å². The van der Waals surface area contributed by atoms with Crippen molar-refractivity contribution in [3.05, 3.63) is 17.0 Å². The molecule has 0 spiro atoms. The zero-order valence-electron chi connectivity index (χ0n) is 11.5. The first-order valence-electron chi connectivity index (χ1n) is 6.17. The predicted molar refractivity (Wildman–Crippen MR) is 74.4 cm³/mol. The van der Waals surface area contributed by atoms with Gasteiger partial charge in [0.2, 0.25) is 5.91 Å². The second-order valence-electron chi connectivity index (χ2n) is 4.57. The molecule has 1 unspecified atom stereocenters. The smallest absolute Gasteiger partial charge is 0.239 e. The summed E-state index contributed by atoms with van der Waals surface area (Å²) in [5, 5.41) is 10.4. The van der Waals surface area contributed by atoms with Gasteiger partial charge in [0.25, 0.3) is 0 Å². The summed E-state index contributed by atoms with van der Waals surface area (Å²) in [4.78, 5) is 11.9. The molecule has 0 aliphatic carbocycles. The zero-order valence-corrected chi connectivity index (χ0v) is 12.3. The maximum absolute atomic E-state index is 11.9. The van der Waals surface area contributed by atoms with Crippen molar-refractivity contribution >= 4 is 18.3 Å². The van der Waals surface area contributed by atoms with E-state index < -0.39 is 0 Å². The Morgan fingerprint density at radius 1 is 1.58 bits per heavy atom. The standard InChI is InChI=1S/C12H20N4O2.ClH/c1-8-10(9(2)16(3)15-8)6-14-12(17)11-7-18-5-4-13-11;/h11,13H,4-7H2,1-3H3,(H,14,17);1H. The molecule has 1 saturated heterocycles. The van der Waals surface area contributed by atoms with Gasteiger partial charge in [-0.2, -0.15) is 5.10 Å². The third kappa shape index (κ3) is 3.68. The second-order valence-corrected chi connectivity index (χ2v) is 4.57. The van der Waals surface area contributed by atoms with Crippen LogP contribution in [0.2, 0.25) is 0 Å².